The van der Waals surface area contributed by atoms with Gasteiger partial charge in [0.1, 0.15) is 5.52 Å². The molecule has 0 fully saturated rings. The van der Waals surface area contributed by atoms with Crippen molar-refractivity contribution in [2.24, 2.45) is 0 Å². The van der Waals surface area contributed by atoms with E-state index in [-0.39, 0.29) is 49.5 Å². The van der Waals surface area contributed by atoms with Crippen molar-refractivity contribution < 1.29 is 25.0 Å². The van der Waals surface area contributed by atoms with Gasteiger partial charge in [-0.05, 0) is 48.3 Å². The van der Waals surface area contributed by atoms with Crippen molar-refractivity contribution in [3.63, 3.8) is 0 Å². The fourth-order valence-electron chi connectivity index (χ4n) is 3.04. The van der Waals surface area contributed by atoms with Gasteiger partial charge in [0.25, 0.3) is 0 Å². The number of rotatable bonds is 2. The molecule has 0 bridgehead atoms. The number of para-hydroxylation sites is 2. The number of aromatic nitrogens is 2. The van der Waals surface area contributed by atoms with Gasteiger partial charge in [0.15, 0.2) is 5.58 Å². The minimum Gasteiger partial charge on any atom is -0.436 e. The molecule has 0 radical (unpaired) electrons. The first-order chi connectivity index (χ1) is 20.5. The maximum absolute atomic E-state index is 9.13. The van der Waals surface area contributed by atoms with Crippen molar-refractivity contribution in [1.29, 1.82) is 0 Å². The molecular weight excluding hydrogens is 424 g/mol. The Balaban J connectivity index is 1.87. The topological polar surface area (TPSA) is 31.0 Å². The predicted molar refractivity (Wildman–Crippen MR) is 121 cm³/mol. The molecule has 6 rings (SSSR count). The average Bonchev–Trinajstić information content (AvgIpc) is 3.58. The van der Waals surface area contributed by atoms with Crippen LogP contribution in [0.25, 0.3) is 50.0 Å². The molecule has 0 aliphatic rings. The Labute approximate surface area is 196 Å². The quantitative estimate of drug-likeness (QED) is 0.274. The Hall–Kier alpha value is -3.37. The Morgan fingerprint density at radius 2 is 1.52 bits per heavy atom. The van der Waals surface area contributed by atoms with Crippen LogP contribution in [0, 0.1) is 0 Å². The number of hydrogen-bond acceptors (Lipinski definition) is 2. The first-order valence-electron chi connectivity index (χ1n) is 15.7. The number of halogens is 1. The summed E-state index contributed by atoms with van der Waals surface area (Å²) in [4.78, 5) is 4.17. The lowest BCUT2D eigenvalue weighted by Crippen LogP contribution is -1.94. The fourth-order valence-corrected chi connectivity index (χ4v) is 3.33. The molecule has 0 atom stereocenters. The lowest BCUT2D eigenvalue weighted by Gasteiger charge is -2.08. The van der Waals surface area contributed by atoms with Gasteiger partial charge in [-0.1, -0.05) is 58.2 Å². The molecule has 2 heterocycles. The maximum atomic E-state index is 9.13. The summed E-state index contributed by atoms with van der Waals surface area (Å²) in [6.07, 6.45) is 0. The second-order valence-electron chi connectivity index (χ2n) is 5.89. The van der Waals surface area contributed by atoms with Gasteiger partial charge in [-0.15, -0.1) is 0 Å². The normalized spacial score (nSPS) is 18.9. The molecule has 6 aromatic rings. The van der Waals surface area contributed by atoms with Crippen molar-refractivity contribution in [3.8, 4) is 17.1 Å². The predicted octanol–water partition coefficient (Wildman–Crippen LogP) is 7.35. The van der Waals surface area contributed by atoms with E-state index in [2.05, 4.69) is 20.9 Å². The summed E-state index contributed by atoms with van der Waals surface area (Å²) in [6, 6.07) is -9.51. The molecule has 138 valence electrons. The van der Waals surface area contributed by atoms with E-state index >= 15 is 0 Å². The van der Waals surface area contributed by atoms with Crippen LogP contribution in [0.3, 0.4) is 0 Å². The molecule has 0 saturated heterocycles. The standard InChI is InChI=1S/C25H15BrN2O/c26-17-12-13-24-21(15-17)27-25(29-24)16-6-5-7-18(14-16)28-22-10-3-1-8-19(22)20-9-2-4-11-23(20)28/h1-15H/i1D,2D,3D,4D,5D,6D,7D,8D,9D,10D,11D,12D,13D,14D,15D. The van der Waals surface area contributed by atoms with Crippen LogP contribution < -0.4 is 0 Å². The molecule has 0 aliphatic carbocycles. The molecule has 3 nitrogen and oxygen atoms in total. The molecule has 2 aromatic heterocycles. The van der Waals surface area contributed by atoms with Crippen LogP contribution in [0.2, 0.25) is 0 Å². The third-order valence-corrected chi connectivity index (χ3v) is 4.62. The van der Waals surface area contributed by atoms with E-state index in [9.17, 15) is 0 Å². The van der Waals surface area contributed by atoms with Gasteiger partial charge in [-0.3, -0.25) is 0 Å². The van der Waals surface area contributed by atoms with Crippen molar-refractivity contribution >= 4 is 48.8 Å². The second kappa shape index (κ2) is 6.33. The van der Waals surface area contributed by atoms with Gasteiger partial charge in [-0.25, -0.2) is 4.98 Å². The van der Waals surface area contributed by atoms with Gasteiger partial charge in [0.2, 0.25) is 5.89 Å². The highest BCUT2D eigenvalue weighted by Gasteiger charge is 2.13. The summed E-state index contributed by atoms with van der Waals surface area (Å²) in [7, 11) is 0. The molecule has 29 heavy (non-hydrogen) atoms. The number of benzene rings is 4. The van der Waals surface area contributed by atoms with Crippen LogP contribution >= 0.6 is 15.9 Å². The van der Waals surface area contributed by atoms with E-state index in [1.54, 1.807) is 0 Å². The largest absolute Gasteiger partial charge is 0.436 e. The van der Waals surface area contributed by atoms with E-state index in [4.69, 9.17) is 25.0 Å². The minimum absolute atomic E-state index is 0.0519. The number of hydrogen-bond donors (Lipinski definition) is 0. The second-order valence-corrected chi connectivity index (χ2v) is 6.68. The molecule has 0 N–H and O–H groups in total. The summed E-state index contributed by atoms with van der Waals surface area (Å²) < 4.78 is 134. The fraction of sp³-hybridized carbons (Fsp3) is 0. The Bertz CT molecular complexity index is 2190. The van der Waals surface area contributed by atoms with Crippen LogP contribution in [0.15, 0.2) is 99.5 Å². The zero-order valence-electron chi connectivity index (χ0n) is 29.2. The number of fused-ring (bicyclic) bond motifs is 4. The minimum atomic E-state index is -0.774. The number of oxazole rings is 1. The first-order valence-corrected chi connectivity index (χ1v) is 9.01. The first kappa shape index (κ1) is 7.47. The molecule has 0 unspecified atom stereocenters. The molecule has 0 saturated carbocycles. The Kier molecular flexibility index (Phi) is 1.63. The summed E-state index contributed by atoms with van der Waals surface area (Å²) >= 11 is 3.06. The molecule has 0 spiro atoms. The average molecular weight is 454 g/mol. The van der Waals surface area contributed by atoms with Gasteiger partial charge in [-0.2, -0.15) is 0 Å². The number of nitrogens with zero attached hydrogens (tertiary/aromatic N) is 2. The van der Waals surface area contributed by atoms with Crippen molar-refractivity contribution in [1.82, 2.24) is 9.55 Å². The van der Waals surface area contributed by atoms with E-state index in [0.717, 1.165) is 4.57 Å². The molecule has 4 heteroatoms. The summed E-state index contributed by atoms with van der Waals surface area (Å²) in [5.74, 6) is -0.506. The van der Waals surface area contributed by atoms with Crippen LogP contribution in [0.4, 0.5) is 0 Å². The van der Waals surface area contributed by atoms with Crippen LogP contribution in [0.5, 0.6) is 0 Å². The molecule has 4 aromatic carbocycles. The van der Waals surface area contributed by atoms with Crippen molar-refractivity contribution in [2.75, 3.05) is 0 Å². The Morgan fingerprint density at radius 3 is 2.28 bits per heavy atom. The Morgan fingerprint density at radius 1 is 0.793 bits per heavy atom. The third-order valence-electron chi connectivity index (χ3n) is 4.22. The van der Waals surface area contributed by atoms with E-state index in [1.807, 2.05) is 0 Å². The smallest absolute Gasteiger partial charge is 0.227 e. The molecular formula is C25H15BrN2O. The lowest BCUT2D eigenvalue weighted by molar-refractivity contribution is 0.620. The maximum Gasteiger partial charge on any atom is 0.227 e. The van der Waals surface area contributed by atoms with Crippen LogP contribution in [-0.2, 0) is 0 Å². The SMILES string of the molecule is [2H]c1c([2H])c(-c2nc3c([2H])c(Br)c([2H])c([2H])c3o2)c([2H])c(-n2c3c([2H])c([2H])c([2H])c([2H])c3c3c([2H])c([2H])c([2H])c([2H])c32)c1[2H]. The molecule has 0 aliphatic heterocycles. The monoisotopic (exact) mass is 453 g/mol. The highest BCUT2D eigenvalue weighted by atomic mass is 79.9. The summed E-state index contributed by atoms with van der Waals surface area (Å²) in [5, 5.41) is -0.598. The summed E-state index contributed by atoms with van der Waals surface area (Å²) in [6.45, 7) is 0. The zero-order valence-corrected chi connectivity index (χ0v) is 15.8. The lowest BCUT2D eigenvalue weighted by atomic mass is 10.2. The highest BCUT2D eigenvalue weighted by Crippen LogP contribution is 2.33. The third kappa shape index (κ3) is 2.60. The van der Waals surface area contributed by atoms with E-state index in [1.165, 1.54) is 0 Å². The van der Waals surface area contributed by atoms with Gasteiger partial charge >= 0.3 is 0 Å². The highest BCUT2D eigenvalue weighted by molar-refractivity contribution is 9.10. The molecule has 0 amide bonds. The van der Waals surface area contributed by atoms with Crippen molar-refractivity contribution in [3.05, 3.63) is 95.1 Å². The zero-order chi connectivity index (χ0) is 32.4. The van der Waals surface area contributed by atoms with Crippen LogP contribution in [-0.4, -0.2) is 9.55 Å². The van der Waals surface area contributed by atoms with Gasteiger partial charge in [0, 0.05) is 26.5 Å². The van der Waals surface area contributed by atoms with Crippen molar-refractivity contribution in [2.45, 2.75) is 0 Å². The van der Waals surface area contributed by atoms with Gasteiger partial charge < -0.3 is 8.98 Å². The van der Waals surface area contributed by atoms with E-state index in [0.29, 0.717) is 0 Å². The van der Waals surface area contributed by atoms with Gasteiger partial charge in [0.05, 0.1) is 31.6 Å². The van der Waals surface area contributed by atoms with E-state index < -0.39 is 95.7 Å². The summed E-state index contributed by atoms with van der Waals surface area (Å²) in [5.41, 5.74) is -2.31. The van der Waals surface area contributed by atoms with Crippen LogP contribution in [0.1, 0.15) is 20.6 Å².